The number of aromatic nitrogens is 3. The van der Waals surface area contributed by atoms with Gasteiger partial charge in [-0.05, 0) is 50.3 Å². The number of hydrogen-bond donors (Lipinski definition) is 1. The van der Waals surface area contributed by atoms with Crippen molar-refractivity contribution in [1.29, 1.82) is 0 Å². The van der Waals surface area contributed by atoms with Crippen LogP contribution in [0.3, 0.4) is 0 Å². The molecule has 0 radical (unpaired) electrons. The van der Waals surface area contributed by atoms with Crippen molar-refractivity contribution in [1.82, 2.24) is 19.9 Å². The summed E-state index contributed by atoms with van der Waals surface area (Å²) in [5, 5.41) is 3.08. The molecule has 31 heavy (non-hydrogen) atoms. The van der Waals surface area contributed by atoms with Crippen molar-refractivity contribution in [3.63, 3.8) is 0 Å². The van der Waals surface area contributed by atoms with E-state index in [4.69, 9.17) is 0 Å². The van der Waals surface area contributed by atoms with Crippen LogP contribution in [0.5, 0.6) is 0 Å². The van der Waals surface area contributed by atoms with E-state index in [1.807, 2.05) is 42.2 Å². The van der Waals surface area contributed by atoms with E-state index < -0.39 is 0 Å². The van der Waals surface area contributed by atoms with E-state index in [0.717, 1.165) is 32.2 Å². The van der Waals surface area contributed by atoms with E-state index in [2.05, 4.69) is 27.4 Å². The van der Waals surface area contributed by atoms with Crippen LogP contribution in [0.25, 0.3) is 11.2 Å². The highest BCUT2D eigenvalue weighted by molar-refractivity contribution is 5.79. The molecule has 7 heteroatoms. The van der Waals surface area contributed by atoms with Crippen LogP contribution in [0.15, 0.2) is 53.5 Å². The zero-order valence-corrected chi connectivity index (χ0v) is 18.0. The van der Waals surface area contributed by atoms with Gasteiger partial charge in [0.15, 0.2) is 11.5 Å². The van der Waals surface area contributed by atoms with Gasteiger partial charge < -0.3 is 10.2 Å². The first-order valence-electron chi connectivity index (χ1n) is 11.1. The molecule has 0 saturated carbocycles. The Balaban J connectivity index is 1.41. The average molecular weight is 420 g/mol. The maximum atomic E-state index is 13.1. The van der Waals surface area contributed by atoms with Gasteiger partial charge in [-0.1, -0.05) is 30.3 Å². The number of pyridine rings is 1. The molecule has 0 bridgehead atoms. The molecule has 1 atom stereocenters. The quantitative estimate of drug-likeness (QED) is 0.596. The fourth-order valence-corrected chi connectivity index (χ4v) is 4.24. The number of aryl methyl sites for hydroxylation is 2. The molecule has 0 spiro atoms. The molecule has 162 valence electrons. The number of benzene rings is 1. The summed E-state index contributed by atoms with van der Waals surface area (Å²) >= 11 is 0. The van der Waals surface area contributed by atoms with Gasteiger partial charge in [-0.2, -0.15) is 0 Å². The number of fused-ring (bicyclic) bond motifs is 1. The molecule has 1 amide bonds. The third kappa shape index (κ3) is 4.76. The van der Waals surface area contributed by atoms with Crippen molar-refractivity contribution >= 4 is 22.9 Å². The Kier molecular flexibility index (Phi) is 6.60. The van der Waals surface area contributed by atoms with Crippen LogP contribution in [0.2, 0.25) is 0 Å². The fourth-order valence-electron chi connectivity index (χ4n) is 4.24. The van der Waals surface area contributed by atoms with Gasteiger partial charge in [-0.15, -0.1) is 0 Å². The lowest BCUT2D eigenvalue weighted by molar-refractivity contribution is -0.125. The minimum absolute atomic E-state index is 0.0658. The summed E-state index contributed by atoms with van der Waals surface area (Å²) in [6.07, 6.45) is 5.23. The fraction of sp³-hybridized carbons (Fsp3) is 0.417. The van der Waals surface area contributed by atoms with E-state index in [1.165, 1.54) is 5.56 Å². The van der Waals surface area contributed by atoms with Gasteiger partial charge in [0.25, 0.3) is 5.56 Å². The Bertz CT molecular complexity index is 1100. The SMILES string of the molecule is CCn1c(=O)c(N2CCCC(C(=O)NCCCc3ccccc3)C2)nc2cccnc21. The summed E-state index contributed by atoms with van der Waals surface area (Å²) in [6.45, 7) is 4.37. The third-order valence-electron chi connectivity index (χ3n) is 5.88. The van der Waals surface area contributed by atoms with E-state index >= 15 is 0 Å². The first-order valence-corrected chi connectivity index (χ1v) is 11.1. The summed E-state index contributed by atoms with van der Waals surface area (Å²) in [5.74, 6) is 0.353. The topological polar surface area (TPSA) is 80.1 Å². The molecule has 7 nitrogen and oxygen atoms in total. The Morgan fingerprint density at radius 2 is 2.03 bits per heavy atom. The maximum absolute atomic E-state index is 13.1. The molecule has 4 rings (SSSR count). The summed E-state index contributed by atoms with van der Waals surface area (Å²) < 4.78 is 1.66. The van der Waals surface area contributed by atoms with Gasteiger partial charge in [0.1, 0.15) is 5.52 Å². The molecule has 1 unspecified atom stereocenters. The van der Waals surface area contributed by atoms with Crippen LogP contribution < -0.4 is 15.8 Å². The highest BCUT2D eigenvalue weighted by Crippen LogP contribution is 2.21. The number of nitrogens with zero attached hydrogens (tertiary/aromatic N) is 4. The maximum Gasteiger partial charge on any atom is 0.295 e. The zero-order chi connectivity index (χ0) is 21.6. The van der Waals surface area contributed by atoms with E-state index in [0.29, 0.717) is 36.6 Å². The van der Waals surface area contributed by atoms with Gasteiger partial charge in [0.2, 0.25) is 5.91 Å². The number of amides is 1. The molecule has 1 aromatic carbocycles. The smallest absolute Gasteiger partial charge is 0.295 e. The molecular weight excluding hydrogens is 390 g/mol. The van der Waals surface area contributed by atoms with Gasteiger partial charge in [-0.3, -0.25) is 14.2 Å². The molecular formula is C24H29N5O2. The van der Waals surface area contributed by atoms with Gasteiger partial charge >= 0.3 is 0 Å². The predicted octanol–water partition coefficient (Wildman–Crippen LogP) is 2.78. The Morgan fingerprint density at radius 3 is 2.84 bits per heavy atom. The van der Waals surface area contributed by atoms with Crippen molar-refractivity contribution in [2.45, 2.75) is 39.2 Å². The third-order valence-corrected chi connectivity index (χ3v) is 5.88. The number of hydrogen-bond acceptors (Lipinski definition) is 5. The second-order valence-electron chi connectivity index (χ2n) is 8.00. The summed E-state index contributed by atoms with van der Waals surface area (Å²) in [6, 6.07) is 14.0. The summed E-state index contributed by atoms with van der Waals surface area (Å²) in [4.78, 5) is 36.7. The van der Waals surface area contributed by atoms with Crippen LogP contribution in [-0.2, 0) is 17.8 Å². The molecule has 1 fully saturated rings. The predicted molar refractivity (Wildman–Crippen MR) is 122 cm³/mol. The van der Waals surface area contributed by atoms with Crippen LogP contribution in [-0.4, -0.2) is 40.1 Å². The highest BCUT2D eigenvalue weighted by atomic mass is 16.2. The first kappa shape index (κ1) is 21.0. The summed E-state index contributed by atoms with van der Waals surface area (Å²) in [5.41, 5.74) is 2.44. The van der Waals surface area contributed by atoms with E-state index in [-0.39, 0.29) is 17.4 Å². The standard InChI is InChI=1S/C24H29N5O2/c1-2-29-21-20(13-7-14-25-21)27-22(24(29)31)28-16-8-12-19(17-28)23(30)26-15-6-11-18-9-4-3-5-10-18/h3-5,7,9-10,13-14,19H,2,6,8,11-12,15-17H2,1H3,(H,26,30). The second-order valence-corrected chi connectivity index (χ2v) is 8.00. The molecule has 1 N–H and O–H groups in total. The molecule has 0 aliphatic carbocycles. The Hall–Kier alpha value is -3.22. The molecule has 3 aromatic rings. The number of carbonyl (C=O) groups is 1. The van der Waals surface area contributed by atoms with Crippen molar-refractivity contribution in [3.05, 3.63) is 64.6 Å². The Labute approximate surface area is 182 Å². The van der Waals surface area contributed by atoms with Crippen LogP contribution in [0.1, 0.15) is 31.7 Å². The lowest BCUT2D eigenvalue weighted by Gasteiger charge is -2.32. The number of rotatable bonds is 7. The van der Waals surface area contributed by atoms with Gasteiger partial charge in [-0.25, -0.2) is 9.97 Å². The van der Waals surface area contributed by atoms with Crippen molar-refractivity contribution in [3.8, 4) is 0 Å². The molecule has 1 aliphatic rings. The molecule has 3 heterocycles. The number of anilines is 1. The number of carbonyl (C=O) groups excluding carboxylic acids is 1. The van der Waals surface area contributed by atoms with Gasteiger partial charge in [0.05, 0.1) is 5.92 Å². The van der Waals surface area contributed by atoms with Gasteiger partial charge in [0, 0.05) is 32.4 Å². The van der Waals surface area contributed by atoms with E-state index in [9.17, 15) is 9.59 Å². The lowest BCUT2D eigenvalue weighted by atomic mass is 9.97. The van der Waals surface area contributed by atoms with Crippen molar-refractivity contribution in [2.75, 3.05) is 24.5 Å². The van der Waals surface area contributed by atoms with Crippen molar-refractivity contribution < 1.29 is 4.79 Å². The number of nitrogens with one attached hydrogen (secondary N) is 1. The second kappa shape index (κ2) is 9.73. The minimum Gasteiger partial charge on any atom is -0.356 e. The highest BCUT2D eigenvalue weighted by Gasteiger charge is 2.28. The largest absolute Gasteiger partial charge is 0.356 e. The monoisotopic (exact) mass is 419 g/mol. The summed E-state index contributed by atoms with van der Waals surface area (Å²) in [7, 11) is 0. The normalized spacial score (nSPS) is 16.4. The Morgan fingerprint density at radius 1 is 1.19 bits per heavy atom. The average Bonchev–Trinajstić information content (AvgIpc) is 2.82. The first-order chi connectivity index (χ1) is 15.2. The number of piperidine rings is 1. The lowest BCUT2D eigenvalue weighted by Crippen LogP contribution is -2.45. The zero-order valence-electron chi connectivity index (χ0n) is 18.0. The van der Waals surface area contributed by atoms with Crippen molar-refractivity contribution in [2.24, 2.45) is 5.92 Å². The molecule has 1 aliphatic heterocycles. The van der Waals surface area contributed by atoms with Crippen LogP contribution in [0, 0.1) is 5.92 Å². The molecule has 2 aromatic heterocycles. The van der Waals surface area contributed by atoms with Crippen LogP contribution in [0.4, 0.5) is 5.82 Å². The van der Waals surface area contributed by atoms with Crippen LogP contribution >= 0.6 is 0 Å². The molecule has 1 saturated heterocycles. The van der Waals surface area contributed by atoms with E-state index in [1.54, 1.807) is 10.8 Å². The minimum atomic E-state index is -0.141.